The number of anilines is 1. The van der Waals surface area contributed by atoms with E-state index in [1.165, 1.54) is 18.2 Å². The number of carbonyl (C=O) groups is 2. The molecule has 9 heteroatoms. The van der Waals surface area contributed by atoms with Crippen molar-refractivity contribution in [2.24, 2.45) is 0 Å². The number of carboxylic acids is 1. The van der Waals surface area contributed by atoms with E-state index < -0.39 is 17.7 Å². The van der Waals surface area contributed by atoms with Gasteiger partial charge in [-0.1, -0.05) is 5.21 Å². The zero-order valence-electron chi connectivity index (χ0n) is 9.88. The quantitative estimate of drug-likeness (QED) is 0.769. The molecule has 0 saturated heterocycles. The Labute approximate surface area is 125 Å². The van der Waals surface area contributed by atoms with Crippen LogP contribution in [0.2, 0.25) is 0 Å². The maximum absolute atomic E-state index is 12.9. The van der Waals surface area contributed by atoms with Crippen LogP contribution in [0.3, 0.4) is 0 Å². The monoisotopic (exact) mass is 390 g/mol. The third kappa shape index (κ3) is 3.50. The molecular formula is C11H8FIN4O3. The number of carboxylic acid groups (broad SMARTS) is 1. The average molecular weight is 390 g/mol. The van der Waals surface area contributed by atoms with E-state index in [1.54, 1.807) is 0 Å². The van der Waals surface area contributed by atoms with E-state index in [2.05, 4.69) is 15.6 Å². The van der Waals surface area contributed by atoms with Crippen molar-refractivity contribution in [3.8, 4) is 0 Å². The number of rotatable bonds is 4. The topological polar surface area (TPSA) is 97.1 Å². The lowest BCUT2D eigenvalue weighted by Crippen LogP contribution is -2.19. The summed E-state index contributed by atoms with van der Waals surface area (Å²) in [5, 5.41) is 18.2. The van der Waals surface area contributed by atoms with Gasteiger partial charge >= 0.3 is 5.97 Å². The zero-order valence-corrected chi connectivity index (χ0v) is 12.0. The Morgan fingerprint density at radius 2 is 2.20 bits per heavy atom. The normalized spacial score (nSPS) is 10.3. The van der Waals surface area contributed by atoms with Crippen LogP contribution in [0.1, 0.15) is 10.5 Å². The molecule has 2 N–H and O–H groups in total. The van der Waals surface area contributed by atoms with E-state index in [1.807, 2.05) is 22.6 Å². The first-order valence-corrected chi connectivity index (χ1v) is 6.42. The van der Waals surface area contributed by atoms with Gasteiger partial charge in [0.05, 0.1) is 11.9 Å². The van der Waals surface area contributed by atoms with Gasteiger partial charge < -0.3 is 10.4 Å². The molecule has 0 unspecified atom stereocenters. The summed E-state index contributed by atoms with van der Waals surface area (Å²) in [6.07, 6.45) is 1.15. The molecule has 0 aliphatic rings. The van der Waals surface area contributed by atoms with Crippen LogP contribution in [0.25, 0.3) is 0 Å². The van der Waals surface area contributed by atoms with Gasteiger partial charge in [0.2, 0.25) is 5.91 Å². The van der Waals surface area contributed by atoms with Gasteiger partial charge in [-0.05, 0) is 40.8 Å². The number of hydrogen-bond acceptors (Lipinski definition) is 4. The van der Waals surface area contributed by atoms with Crippen LogP contribution in [0.4, 0.5) is 10.1 Å². The number of carbonyl (C=O) groups excluding carboxylic acids is 1. The number of amides is 1. The minimum atomic E-state index is -1.22. The molecule has 0 spiro atoms. The fourth-order valence-electron chi connectivity index (χ4n) is 1.40. The predicted molar refractivity (Wildman–Crippen MR) is 74.7 cm³/mol. The molecule has 0 saturated carbocycles. The first-order chi connectivity index (χ1) is 9.45. The van der Waals surface area contributed by atoms with E-state index >= 15 is 0 Å². The number of benzene rings is 1. The molecule has 1 aromatic carbocycles. The number of halogens is 2. The fraction of sp³-hybridized carbons (Fsp3) is 0.0909. The lowest BCUT2D eigenvalue weighted by atomic mass is 10.3. The first-order valence-electron chi connectivity index (χ1n) is 5.34. The van der Waals surface area contributed by atoms with Gasteiger partial charge in [-0.3, -0.25) is 4.79 Å². The van der Waals surface area contributed by atoms with Crippen molar-refractivity contribution in [2.45, 2.75) is 6.54 Å². The SMILES string of the molecule is O=C(Cn1cc(C(=O)O)nn1)Nc1ccc(F)cc1I. The van der Waals surface area contributed by atoms with E-state index in [4.69, 9.17) is 5.11 Å². The van der Waals surface area contributed by atoms with Crippen LogP contribution in [0, 0.1) is 9.39 Å². The molecule has 1 aromatic heterocycles. The van der Waals surface area contributed by atoms with Crippen LogP contribution in [0.15, 0.2) is 24.4 Å². The highest BCUT2D eigenvalue weighted by atomic mass is 127. The van der Waals surface area contributed by atoms with Crippen LogP contribution in [0.5, 0.6) is 0 Å². The van der Waals surface area contributed by atoms with Gasteiger partial charge in [0, 0.05) is 3.57 Å². The Balaban J connectivity index is 2.03. The second-order valence-electron chi connectivity index (χ2n) is 3.78. The van der Waals surface area contributed by atoms with Gasteiger partial charge in [-0.25, -0.2) is 13.9 Å². The van der Waals surface area contributed by atoms with Gasteiger partial charge in [0.15, 0.2) is 5.69 Å². The highest BCUT2D eigenvalue weighted by molar-refractivity contribution is 14.1. The maximum Gasteiger partial charge on any atom is 0.358 e. The van der Waals surface area contributed by atoms with Crippen molar-refractivity contribution in [1.82, 2.24) is 15.0 Å². The minimum absolute atomic E-state index is 0.187. The molecule has 2 aromatic rings. The average Bonchev–Trinajstić information content (AvgIpc) is 2.81. The first kappa shape index (κ1) is 14.4. The molecule has 0 atom stereocenters. The predicted octanol–water partition coefficient (Wildman–Crippen LogP) is 1.36. The molecule has 1 heterocycles. The summed E-state index contributed by atoms with van der Waals surface area (Å²) in [5.74, 6) is -2.03. The number of aromatic nitrogens is 3. The van der Waals surface area contributed by atoms with E-state index in [9.17, 15) is 14.0 Å². The molecule has 2 rings (SSSR count). The molecule has 0 aliphatic carbocycles. The fourth-order valence-corrected chi connectivity index (χ4v) is 2.01. The Morgan fingerprint density at radius 3 is 2.80 bits per heavy atom. The number of aromatic carboxylic acids is 1. The van der Waals surface area contributed by atoms with Gasteiger partial charge in [-0.15, -0.1) is 5.10 Å². The Bertz CT molecular complexity index is 673. The number of nitrogens with zero attached hydrogens (tertiary/aromatic N) is 3. The standard InChI is InChI=1S/C11H8FIN4O3/c12-6-1-2-8(7(13)3-6)14-10(18)5-17-4-9(11(19)20)15-16-17/h1-4H,5H2,(H,14,18)(H,19,20). The lowest BCUT2D eigenvalue weighted by molar-refractivity contribution is -0.116. The largest absolute Gasteiger partial charge is 0.476 e. The summed E-state index contributed by atoms with van der Waals surface area (Å²) in [6.45, 7) is -0.187. The molecular weight excluding hydrogens is 382 g/mol. The summed E-state index contributed by atoms with van der Waals surface area (Å²) in [7, 11) is 0. The van der Waals surface area contributed by atoms with Crippen LogP contribution in [-0.4, -0.2) is 32.0 Å². The molecule has 104 valence electrons. The highest BCUT2D eigenvalue weighted by Gasteiger charge is 2.11. The Kier molecular flexibility index (Phi) is 4.27. The second kappa shape index (κ2) is 5.94. The molecule has 20 heavy (non-hydrogen) atoms. The number of hydrogen-bond donors (Lipinski definition) is 2. The molecule has 0 radical (unpaired) electrons. The van der Waals surface area contributed by atoms with Gasteiger partial charge in [-0.2, -0.15) is 0 Å². The lowest BCUT2D eigenvalue weighted by Gasteiger charge is -2.07. The maximum atomic E-state index is 12.9. The van der Waals surface area contributed by atoms with Crippen LogP contribution >= 0.6 is 22.6 Å². The van der Waals surface area contributed by atoms with E-state index in [-0.39, 0.29) is 12.2 Å². The second-order valence-corrected chi connectivity index (χ2v) is 4.94. The Morgan fingerprint density at radius 1 is 1.45 bits per heavy atom. The van der Waals surface area contributed by atoms with Crippen molar-refractivity contribution in [3.05, 3.63) is 39.5 Å². The third-order valence-electron chi connectivity index (χ3n) is 2.27. The van der Waals surface area contributed by atoms with Crippen molar-refractivity contribution >= 4 is 40.2 Å². The summed E-state index contributed by atoms with van der Waals surface area (Å²) in [6, 6.07) is 3.96. The van der Waals surface area contributed by atoms with Crippen molar-refractivity contribution in [2.75, 3.05) is 5.32 Å². The van der Waals surface area contributed by atoms with Crippen molar-refractivity contribution in [3.63, 3.8) is 0 Å². The molecule has 1 amide bonds. The van der Waals surface area contributed by atoms with E-state index in [0.717, 1.165) is 10.9 Å². The minimum Gasteiger partial charge on any atom is -0.476 e. The summed E-state index contributed by atoms with van der Waals surface area (Å²) >= 11 is 1.90. The smallest absolute Gasteiger partial charge is 0.358 e. The Hall–Kier alpha value is -2.04. The van der Waals surface area contributed by atoms with Crippen LogP contribution < -0.4 is 5.32 Å². The van der Waals surface area contributed by atoms with Gasteiger partial charge in [0.25, 0.3) is 0 Å². The highest BCUT2D eigenvalue weighted by Crippen LogP contribution is 2.18. The number of nitrogens with one attached hydrogen (secondary N) is 1. The van der Waals surface area contributed by atoms with Crippen molar-refractivity contribution < 1.29 is 19.1 Å². The molecule has 0 aliphatic heterocycles. The summed E-state index contributed by atoms with van der Waals surface area (Å²) < 4.78 is 14.6. The molecule has 0 bridgehead atoms. The summed E-state index contributed by atoms with van der Waals surface area (Å²) in [4.78, 5) is 22.4. The van der Waals surface area contributed by atoms with Crippen LogP contribution in [-0.2, 0) is 11.3 Å². The van der Waals surface area contributed by atoms with E-state index in [0.29, 0.717) is 9.26 Å². The third-order valence-corrected chi connectivity index (χ3v) is 3.16. The van der Waals surface area contributed by atoms with Crippen molar-refractivity contribution in [1.29, 1.82) is 0 Å². The molecule has 0 fully saturated rings. The van der Waals surface area contributed by atoms with Gasteiger partial charge in [0.1, 0.15) is 12.4 Å². The molecule has 7 nitrogen and oxygen atoms in total. The zero-order chi connectivity index (χ0) is 14.7. The summed E-state index contributed by atoms with van der Waals surface area (Å²) in [5.41, 5.74) is 0.227.